The fourth-order valence-corrected chi connectivity index (χ4v) is 2.36. The van der Waals surface area contributed by atoms with E-state index in [2.05, 4.69) is 0 Å². The molecule has 1 aliphatic heterocycles. The summed E-state index contributed by atoms with van der Waals surface area (Å²) in [5.41, 5.74) is -0.00253. The molecule has 1 heterocycles. The van der Waals surface area contributed by atoms with Crippen molar-refractivity contribution in [2.75, 3.05) is 18.0 Å². The van der Waals surface area contributed by atoms with E-state index in [1.54, 1.807) is 6.07 Å². The summed E-state index contributed by atoms with van der Waals surface area (Å²) in [4.78, 5) is 12.5. The van der Waals surface area contributed by atoms with Crippen LogP contribution in [-0.4, -0.2) is 34.8 Å². The van der Waals surface area contributed by atoms with Crippen molar-refractivity contribution in [2.24, 2.45) is 5.92 Å². The number of hydrogen-bond acceptors (Lipinski definition) is 5. The number of ether oxygens (including phenoxy) is 1. The van der Waals surface area contributed by atoms with Gasteiger partial charge < -0.3 is 14.7 Å². The zero-order valence-corrected chi connectivity index (χ0v) is 12.9. The van der Waals surface area contributed by atoms with Gasteiger partial charge in [-0.25, -0.2) is 0 Å². The summed E-state index contributed by atoms with van der Waals surface area (Å²) in [7, 11) is 0. The number of nitrogens with zero attached hydrogens (tertiary/aromatic N) is 2. The third-order valence-corrected chi connectivity index (χ3v) is 3.83. The number of anilines is 1. The first-order chi connectivity index (χ1) is 9.71. The average Bonchev–Trinajstić information content (AvgIpc) is 2.33. The van der Waals surface area contributed by atoms with Crippen LogP contribution in [0.1, 0.15) is 27.7 Å². The molecule has 0 radical (unpaired) electrons. The highest BCUT2D eigenvalue weighted by molar-refractivity contribution is 5.60. The first-order valence-corrected chi connectivity index (χ1v) is 7.15. The minimum atomic E-state index is -0.719. The molecule has 1 N–H and O–H groups in total. The molecule has 0 aromatic heterocycles. The quantitative estimate of drug-likeness (QED) is 0.667. The molecular formula is C15H22N2O4. The maximum absolute atomic E-state index is 11.0. The number of aliphatic hydroxyl groups is 1. The zero-order chi connectivity index (χ0) is 15.8. The van der Waals surface area contributed by atoms with Crippen molar-refractivity contribution in [3.05, 3.63) is 28.3 Å². The lowest BCUT2D eigenvalue weighted by molar-refractivity contribution is -0.384. The van der Waals surface area contributed by atoms with Crippen LogP contribution < -0.4 is 9.64 Å². The Morgan fingerprint density at radius 2 is 1.90 bits per heavy atom. The van der Waals surface area contributed by atoms with Gasteiger partial charge in [0, 0.05) is 30.9 Å². The maximum Gasteiger partial charge on any atom is 0.275 e. The summed E-state index contributed by atoms with van der Waals surface area (Å²) in [6, 6.07) is 4.73. The number of nitro benzene ring substituents is 1. The van der Waals surface area contributed by atoms with Crippen molar-refractivity contribution in [1.82, 2.24) is 0 Å². The smallest absolute Gasteiger partial charge is 0.275 e. The molecule has 0 saturated carbocycles. The summed E-state index contributed by atoms with van der Waals surface area (Å²) < 4.78 is 5.57. The van der Waals surface area contributed by atoms with E-state index in [4.69, 9.17) is 4.74 Å². The van der Waals surface area contributed by atoms with Crippen molar-refractivity contribution in [3.63, 3.8) is 0 Å². The molecular weight excluding hydrogens is 272 g/mol. The standard InChI is InChI=1S/C15H22N2O4/c1-10(2)15(18)8-16(9-15)12-5-13(17(19)20)7-14(6-12)21-11(3)4/h5-7,10-11,18H,8-9H2,1-4H3. The molecule has 0 amide bonds. The molecule has 0 aliphatic carbocycles. The molecule has 0 spiro atoms. The van der Waals surface area contributed by atoms with E-state index in [1.807, 2.05) is 32.6 Å². The van der Waals surface area contributed by atoms with E-state index in [0.717, 1.165) is 0 Å². The summed E-state index contributed by atoms with van der Waals surface area (Å²) in [5.74, 6) is 0.632. The van der Waals surface area contributed by atoms with Crippen LogP contribution in [0.5, 0.6) is 5.75 Å². The molecule has 1 aromatic carbocycles. The van der Waals surface area contributed by atoms with Crippen LogP contribution in [0.3, 0.4) is 0 Å². The Labute approximate surface area is 124 Å². The van der Waals surface area contributed by atoms with E-state index >= 15 is 0 Å². The Hall–Kier alpha value is -1.82. The molecule has 0 atom stereocenters. The van der Waals surface area contributed by atoms with Gasteiger partial charge in [0.05, 0.1) is 17.1 Å². The molecule has 0 bridgehead atoms. The van der Waals surface area contributed by atoms with Crippen LogP contribution in [0.4, 0.5) is 11.4 Å². The predicted molar refractivity (Wildman–Crippen MR) is 80.9 cm³/mol. The molecule has 2 rings (SSSR count). The van der Waals surface area contributed by atoms with Gasteiger partial charge in [-0.05, 0) is 19.8 Å². The van der Waals surface area contributed by atoms with Gasteiger partial charge in [-0.1, -0.05) is 13.8 Å². The van der Waals surface area contributed by atoms with Crippen LogP contribution in [0.15, 0.2) is 18.2 Å². The van der Waals surface area contributed by atoms with Crippen LogP contribution in [0.25, 0.3) is 0 Å². The molecule has 1 fully saturated rings. The number of nitro groups is 1. The minimum Gasteiger partial charge on any atom is -0.491 e. The minimum absolute atomic E-state index is 0.00290. The molecule has 0 unspecified atom stereocenters. The number of benzene rings is 1. The second kappa shape index (κ2) is 5.52. The van der Waals surface area contributed by atoms with Crippen LogP contribution in [0.2, 0.25) is 0 Å². The summed E-state index contributed by atoms with van der Waals surface area (Å²) in [6.45, 7) is 8.65. The molecule has 1 aliphatic rings. The second-order valence-electron chi connectivity index (χ2n) is 6.22. The van der Waals surface area contributed by atoms with E-state index < -0.39 is 10.5 Å². The van der Waals surface area contributed by atoms with Crippen LogP contribution >= 0.6 is 0 Å². The Bertz CT molecular complexity index is 536. The van der Waals surface area contributed by atoms with Gasteiger partial charge in [0.1, 0.15) is 11.4 Å². The highest BCUT2D eigenvalue weighted by Gasteiger charge is 2.44. The molecule has 6 nitrogen and oxygen atoms in total. The van der Waals surface area contributed by atoms with Gasteiger partial charge in [0.2, 0.25) is 0 Å². The number of non-ortho nitro benzene ring substituents is 1. The summed E-state index contributed by atoms with van der Waals surface area (Å²) in [6.07, 6.45) is -0.0520. The van der Waals surface area contributed by atoms with Gasteiger partial charge >= 0.3 is 0 Å². The van der Waals surface area contributed by atoms with E-state index in [-0.39, 0.29) is 17.7 Å². The zero-order valence-electron chi connectivity index (χ0n) is 12.9. The first-order valence-electron chi connectivity index (χ1n) is 7.15. The fraction of sp³-hybridized carbons (Fsp3) is 0.600. The Balaban J connectivity index is 2.24. The molecule has 116 valence electrons. The number of β-amino-alcohol motifs (C(OH)–C–C–N with tert-alkyl or cyclic N) is 1. The molecule has 1 aromatic rings. The maximum atomic E-state index is 11.0. The van der Waals surface area contributed by atoms with E-state index in [0.29, 0.717) is 24.5 Å². The largest absolute Gasteiger partial charge is 0.491 e. The second-order valence-corrected chi connectivity index (χ2v) is 6.22. The van der Waals surface area contributed by atoms with Crippen molar-refractivity contribution >= 4 is 11.4 Å². The Morgan fingerprint density at radius 3 is 2.38 bits per heavy atom. The fourth-order valence-electron chi connectivity index (χ4n) is 2.36. The monoisotopic (exact) mass is 294 g/mol. The van der Waals surface area contributed by atoms with Gasteiger partial charge in [-0.15, -0.1) is 0 Å². The lowest BCUT2D eigenvalue weighted by Gasteiger charge is -2.50. The predicted octanol–water partition coefficient (Wildman–Crippen LogP) is 2.59. The van der Waals surface area contributed by atoms with Gasteiger partial charge in [0.15, 0.2) is 0 Å². The van der Waals surface area contributed by atoms with Crippen molar-refractivity contribution < 1.29 is 14.8 Å². The lowest BCUT2D eigenvalue weighted by atomic mass is 9.82. The number of hydrogen-bond donors (Lipinski definition) is 1. The van der Waals surface area contributed by atoms with Crippen LogP contribution in [-0.2, 0) is 0 Å². The molecule has 6 heteroatoms. The lowest BCUT2D eigenvalue weighted by Crippen LogP contribution is -2.64. The van der Waals surface area contributed by atoms with E-state index in [9.17, 15) is 15.2 Å². The van der Waals surface area contributed by atoms with Gasteiger partial charge in [-0.2, -0.15) is 0 Å². The number of rotatable bonds is 5. The topological polar surface area (TPSA) is 75.8 Å². The Morgan fingerprint density at radius 1 is 1.29 bits per heavy atom. The summed E-state index contributed by atoms with van der Waals surface area (Å²) >= 11 is 0. The van der Waals surface area contributed by atoms with Gasteiger partial charge in [0.25, 0.3) is 5.69 Å². The molecule has 1 saturated heterocycles. The first kappa shape index (κ1) is 15.6. The SMILES string of the molecule is CC(C)Oc1cc(N2CC(O)(C(C)C)C2)cc([N+](=O)[O-])c1. The van der Waals surface area contributed by atoms with E-state index in [1.165, 1.54) is 12.1 Å². The Kier molecular flexibility index (Phi) is 4.09. The van der Waals surface area contributed by atoms with Crippen LogP contribution in [0, 0.1) is 16.0 Å². The highest BCUT2D eigenvalue weighted by atomic mass is 16.6. The third-order valence-electron chi connectivity index (χ3n) is 3.83. The third kappa shape index (κ3) is 3.26. The van der Waals surface area contributed by atoms with Crippen molar-refractivity contribution in [3.8, 4) is 5.75 Å². The van der Waals surface area contributed by atoms with Crippen molar-refractivity contribution in [2.45, 2.75) is 39.4 Å². The normalized spacial score (nSPS) is 17.0. The highest BCUT2D eigenvalue weighted by Crippen LogP contribution is 2.36. The molecule has 21 heavy (non-hydrogen) atoms. The van der Waals surface area contributed by atoms with Gasteiger partial charge in [-0.3, -0.25) is 10.1 Å². The van der Waals surface area contributed by atoms with Crippen molar-refractivity contribution in [1.29, 1.82) is 0 Å². The average molecular weight is 294 g/mol. The summed E-state index contributed by atoms with van der Waals surface area (Å²) in [5, 5.41) is 21.3.